The lowest BCUT2D eigenvalue weighted by molar-refractivity contribution is -0.120. The van der Waals surface area contributed by atoms with Crippen molar-refractivity contribution in [2.75, 3.05) is 13.1 Å². The molecule has 1 rings (SSSR count). The zero-order valence-electron chi connectivity index (χ0n) is 12.6. The number of hydrogen-bond acceptors (Lipinski definition) is 3. The van der Waals surface area contributed by atoms with Gasteiger partial charge in [-0.15, -0.1) is 0 Å². The largest absolute Gasteiger partial charge is 0.369 e. The van der Waals surface area contributed by atoms with Crippen LogP contribution in [0.1, 0.15) is 47.0 Å². The Morgan fingerprint density at radius 2 is 2.05 bits per heavy atom. The van der Waals surface area contributed by atoms with Crippen LogP contribution in [0.3, 0.4) is 0 Å². The molecule has 0 radical (unpaired) electrons. The van der Waals surface area contributed by atoms with Crippen LogP contribution in [-0.4, -0.2) is 29.9 Å². The van der Waals surface area contributed by atoms with Crippen molar-refractivity contribution in [2.45, 2.75) is 53.0 Å². The smallest absolute Gasteiger partial charge is 0.231 e. The van der Waals surface area contributed by atoms with E-state index in [0.717, 1.165) is 25.8 Å². The molecule has 108 valence electrons. The molecule has 1 amide bonds. The fourth-order valence-electron chi connectivity index (χ4n) is 3.15. The summed E-state index contributed by atoms with van der Waals surface area (Å²) < 4.78 is 0. The van der Waals surface area contributed by atoms with Gasteiger partial charge in [-0.05, 0) is 37.1 Å². The number of rotatable bonds is 4. The van der Waals surface area contributed by atoms with Gasteiger partial charge in [-0.3, -0.25) is 9.69 Å². The van der Waals surface area contributed by atoms with Gasteiger partial charge in [0, 0.05) is 6.04 Å². The first-order valence-electron chi connectivity index (χ1n) is 7.21. The highest BCUT2D eigenvalue weighted by atomic mass is 16.1. The van der Waals surface area contributed by atoms with Crippen molar-refractivity contribution in [3.63, 3.8) is 0 Å². The third-order valence-corrected chi connectivity index (χ3v) is 4.44. The van der Waals surface area contributed by atoms with E-state index in [1.165, 1.54) is 0 Å². The van der Waals surface area contributed by atoms with Crippen LogP contribution in [0.2, 0.25) is 0 Å². The summed E-state index contributed by atoms with van der Waals surface area (Å²) in [4.78, 5) is 13.3. The Bertz CT molecular complexity index is 353. The first kappa shape index (κ1) is 16.0. The number of nitrogens with zero attached hydrogens (tertiary/aromatic N) is 2. The van der Waals surface area contributed by atoms with Gasteiger partial charge in [0.15, 0.2) is 0 Å². The molecule has 3 unspecified atom stereocenters. The van der Waals surface area contributed by atoms with Gasteiger partial charge in [-0.2, -0.15) is 5.26 Å². The summed E-state index contributed by atoms with van der Waals surface area (Å²) in [6.45, 7) is 9.82. The van der Waals surface area contributed by atoms with E-state index in [2.05, 4.69) is 31.7 Å². The van der Waals surface area contributed by atoms with Gasteiger partial charge in [0.05, 0.1) is 18.5 Å². The minimum atomic E-state index is -0.309. The van der Waals surface area contributed by atoms with Gasteiger partial charge in [-0.1, -0.05) is 27.7 Å². The third-order valence-electron chi connectivity index (χ3n) is 4.44. The Morgan fingerprint density at radius 1 is 1.42 bits per heavy atom. The predicted octanol–water partition coefficient (Wildman–Crippen LogP) is 2.15. The molecule has 0 aromatic heterocycles. The van der Waals surface area contributed by atoms with Crippen LogP contribution in [-0.2, 0) is 4.79 Å². The molecule has 0 aromatic carbocycles. The fraction of sp³-hybridized carbons (Fsp3) is 0.867. The molecule has 3 atom stereocenters. The second kappa shape index (κ2) is 6.38. The number of primary amides is 1. The quantitative estimate of drug-likeness (QED) is 0.846. The van der Waals surface area contributed by atoms with Crippen molar-refractivity contribution in [2.24, 2.45) is 23.0 Å². The van der Waals surface area contributed by atoms with E-state index in [1.807, 2.05) is 6.92 Å². The number of amides is 1. The molecule has 2 N–H and O–H groups in total. The maximum absolute atomic E-state index is 11.2. The van der Waals surface area contributed by atoms with Gasteiger partial charge in [0.2, 0.25) is 5.91 Å². The second-order valence-electron chi connectivity index (χ2n) is 6.71. The highest BCUT2D eigenvalue weighted by Crippen LogP contribution is 2.41. The summed E-state index contributed by atoms with van der Waals surface area (Å²) >= 11 is 0. The Labute approximate surface area is 116 Å². The summed E-state index contributed by atoms with van der Waals surface area (Å²) in [5, 5.41) is 9.34. The molecule has 4 heteroatoms. The summed E-state index contributed by atoms with van der Waals surface area (Å²) in [6.07, 6.45) is 3.02. The highest BCUT2D eigenvalue weighted by molar-refractivity contribution is 5.75. The zero-order chi connectivity index (χ0) is 14.6. The number of carbonyl (C=O) groups is 1. The van der Waals surface area contributed by atoms with Crippen LogP contribution in [0, 0.1) is 28.6 Å². The monoisotopic (exact) mass is 265 g/mol. The van der Waals surface area contributed by atoms with Gasteiger partial charge in [0.1, 0.15) is 0 Å². The Balaban J connectivity index is 2.85. The van der Waals surface area contributed by atoms with Crippen LogP contribution in [0.15, 0.2) is 0 Å². The minimum absolute atomic E-state index is 0.0258. The molecule has 4 nitrogen and oxygen atoms in total. The topological polar surface area (TPSA) is 70.1 Å². The molecule has 0 aromatic rings. The van der Waals surface area contributed by atoms with E-state index in [1.54, 1.807) is 0 Å². The van der Waals surface area contributed by atoms with Crippen molar-refractivity contribution < 1.29 is 4.79 Å². The summed E-state index contributed by atoms with van der Waals surface area (Å²) in [7, 11) is 0. The number of nitrogens with two attached hydrogens (primary N) is 1. The van der Waals surface area contributed by atoms with E-state index >= 15 is 0 Å². The van der Waals surface area contributed by atoms with Crippen molar-refractivity contribution in [1.29, 1.82) is 5.26 Å². The Morgan fingerprint density at radius 3 is 2.47 bits per heavy atom. The van der Waals surface area contributed by atoms with E-state index < -0.39 is 0 Å². The summed E-state index contributed by atoms with van der Waals surface area (Å²) in [5.41, 5.74) is 5.57. The zero-order valence-corrected chi connectivity index (χ0v) is 12.6. The fourth-order valence-corrected chi connectivity index (χ4v) is 3.15. The molecule has 0 spiro atoms. The molecular formula is C15H27N3O. The molecule has 0 saturated heterocycles. The summed E-state index contributed by atoms with van der Waals surface area (Å²) in [6, 6.07) is 2.59. The molecule has 1 saturated carbocycles. The maximum atomic E-state index is 11.2. The number of likely N-dealkylation sites (N-methyl/N-ethyl adjacent to an activating group) is 1. The molecular weight excluding hydrogens is 238 g/mol. The van der Waals surface area contributed by atoms with Crippen LogP contribution < -0.4 is 5.73 Å². The van der Waals surface area contributed by atoms with Crippen LogP contribution >= 0.6 is 0 Å². The molecule has 19 heavy (non-hydrogen) atoms. The Hall–Kier alpha value is -1.08. The first-order chi connectivity index (χ1) is 8.79. The van der Waals surface area contributed by atoms with Crippen molar-refractivity contribution in [3.05, 3.63) is 0 Å². The normalized spacial score (nSPS) is 28.1. The minimum Gasteiger partial charge on any atom is -0.369 e. The first-order valence-corrected chi connectivity index (χ1v) is 7.21. The van der Waals surface area contributed by atoms with Crippen LogP contribution in [0.5, 0.6) is 0 Å². The lowest BCUT2D eigenvalue weighted by Gasteiger charge is -2.43. The number of hydrogen-bond donors (Lipinski definition) is 1. The average molecular weight is 265 g/mol. The van der Waals surface area contributed by atoms with Crippen molar-refractivity contribution in [3.8, 4) is 6.07 Å². The van der Waals surface area contributed by atoms with Gasteiger partial charge in [-0.25, -0.2) is 0 Å². The molecule has 1 fully saturated rings. The third kappa shape index (κ3) is 4.21. The van der Waals surface area contributed by atoms with Crippen molar-refractivity contribution >= 4 is 5.91 Å². The lowest BCUT2D eigenvalue weighted by atomic mass is 9.68. The molecule has 0 bridgehead atoms. The van der Waals surface area contributed by atoms with E-state index in [9.17, 15) is 10.1 Å². The van der Waals surface area contributed by atoms with Crippen LogP contribution in [0.4, 0.5) is 0 Å². The van der Waals surface area contributed by atoms with Gasteiger partial charge >= 0.3 is 0 Å². The van der Waals surface area contributed by atoms with Crippen molar-refractivity contribution in [1.82, 2.24) is 4.90 Å². The van der Waals surface area contributed by atoms with Crippen LogP contribution in [0.25, 0.3) is 0 Å². The predicted molar refractivity (Wildman–Crippen MR) is 76.1 cm³/mol. The second-order valence-corrected chi connectivity index (χ2v) is 6.71. The summed E-state index contributed by atoms with van der Waals surface area (Å²) in [5.74, 6) is 0.318. The molecule has 0 aliphatic heterocycles. The maximum Gasteiger partial charge on any atom is 0.231 e. The van der Waals surface area contributed by atoms with E-state index in [-0.39, 0.29) is 29.8 Å². The number of nitriles is 1. The standard InChI is InChI=1S/C15H27N3O/c1-5-18(10-14(17)19)13-8-12(15(2,3)4)7-6-11(13)9-16/h11-13H,5-8,10H2,1-4H3,(H2,17,19). The van der Waals surface area contributed by atoms with E-state index in [4.69, 9.17) is 5.73 Å². The number of carbonyl (C=O) groups excluding carboxylic acids is 1. The molecule has 1 aliphatic rings. The average Bonchev–Trinajstić information content (AvgIpc) is 2.33. The van der Waals surface area contributed by atoms with Gasteiger partial charge in [0.25, 0.3) is 0 Å². The highest BCUT2D eigenvalue weighted by Gasteiger charge is 2.38. The molecule has 0 heterocycles. The van der Waals surface area contributed by atoms with E-state index in [0.29, 0.717) is 5.92 Å². The molecule has 1 aliphatic carbocycles. The van der Waals surface area contributed by atoms with Gasteiger partial charge < -0.3 is 5.73 Å². The lowest BCUT2D eigenvalue weighted by Crippen LogP contribution is -2.48. The Kier molecular flexibility index (Phi) is 5.37. The SMILES string of the molecule is CCN(CC(N)=O)C1CC(C(C)(C)C)CCC1C#N.